The molecule has 0 saturated heterocycles. The maximum atomic E-state index is 12.1. The van der Waals surface area contributed by atoms with Crippen molar-refractivity contribution in [3.63, 3.8) is 0 Å². The van der Waals surface area contributed by atoms with E-state index in [0.29, 0.717) is 16.2 Å². The van der Waals surface area contributed by atoms with Gasteiger partial charge in [-0.15, -0.1) is 0 Å². The zero-order chi connectivity index (χ0) is 19.3. The summed E-state index contributed by atoms with van der Waals surface area (Å²) >= 11 is 6.19. The number of ether oxygens (including phenoxy) is 2. The van der Waals surface area contributed by atoms with Gasteiger partial charge in [-0.25, -0.2) is 9.59 Å². The van der Waals surface area contributed by atoms with Gasteiger partial charge in [-0.05, 0) is 45.0 Å². The molecule has 0 aliphatic rings. The van der Waals surface area contributed by atoms with E-state index in [-0.39, 0.29) is 6.54 Å². The number of rotatable bonds is 5. The first-order chi connectivity index (χ1) is 12.2. The van der Waals surface area contributed by atoms with E-state index in [2.05, 4.69) is 15.6 Å². The Morgan fingerprint density at radius 2 is 2.00 bits per heavy atom. The van der Waals surface area contributed by atoms with Crippen molar-refractivity contribution in [1.82, 2.24) is 10.3 Å². The molecule has 7 nitrogen and oxygen atoms in total. The van der Waals surface area contributed by atoms with E-state index in [1.807, 2.05) is 6.07 Å². The molecule has 0 radical (unpaired) electrons. The lowest BCUT2D eigenvalue weighted by atomic mass is 10.1. The van der Waals surface area contributed by atoms with Crippen molar-refractivity contribution < 1.29 is 19.1 Å². The zero-order valence-corrected chi connectivity index (χ0v) is 15.9. The number of alkyl carbamates (subject to hydrolysis) is 1. The molecule has 8 heteroatoms. The minimum Gasteiger partial charge on any atom is -0.467 e. The smallest absolute Gasteiger partial charge is 0.407 e. The van der Waals surface area contributed by atoms with Crippen LogP contribution in [0.2, 0.25) is 5.02 Å². The second-order valence-electron chi connectivity index (χ2n) is 6.60. The Morgan fingerprint density at radius 1 is 1.27 bits per heavy atom. The molecule has 1 unspecified atom stereocenters. The Kier molecular flexibility index (Phi) is 6.26. The van der Waals surface area contributed by atoms with Crippen LogP contribution in [0.4, 0.5) is 10.5 Å². The summed E-state index contributed by atoms with van der Waals surface area (Å²) in [5, 5.41) is 6.92. The fraction of sp³-hybridized carbons (Fsp3) is 0.389. The molecule has 1 aromatic carbocycles. The Balaban J connectivity index is 2.18. The molecule has 26 heavy (non-hydrogen) atoms. The van der Waals surface area contributed by atoms with Crippen LogP contribution in [0.1, 0.15) is 20.8 Å². The largest absolute Gasteiger partial charge is 0.467 e. The van der Waals surface area contributed by atoms with Gasteiger partial charge in [0.15, 0.2) is 0 Å². The zero-order valence-electron chi connectivity index (χ0n) is 15.1. The molecule has 0 aliphatic carbocycles. The number of nitrogens with one attached hydrogen (secondary N) is 2. The van der Waals surface area contributed by atoms with Gasteiger partial charge in [0.25, 0.3) is 0 Å². The molecule has 0 bridgehead atoms. The van der Waals surface area contributed by atoms with Gasteiger partial charge in [0.1, 0.15) is 11.6 Å². The van der Waals surface area contributed by atoms with E-state index >= 15 is 0 Å². The number of amides is 1. The van der Waals surface area contributed by atoms with Gasteiger partial charge in [-0.2, -0.15) is 0 Å². The minimum absolute atomic E-state index is 0.0153. The highest BCUT2D eigenvalue weighted by Crippen LogP contribution is 2.28. The summed E-state index contributed by atoms with van der Waals surface area (Å²) < 4.78 is 9.99. The van der Waals surface area contributed by atoms with E-state index in [9.17, 15) is 9.59 Å². The minimum atomic E-state index is -0.820. The molecule has 1 aromatic heterocycles. The lowest BCUT2D eigenvalue weighted by molar-refractivity contribution is -0.141. The standard InChI is InChI=1S/C18H22ClN3O4/c1-18(2,3)26-17(24)21-10-14(16(23)25-4)22-13-8-7-12(19)11-6-5-9-20-15(11)13/h5-9,14,22H,10H2,1-4H3,(H,21,24). The lowest BCUT2D eigenvalue weighted by Crippen LogP contribution is -2.43. The number of fused-ring (bicyclic) bond motifs is 1. The first-order valence-electron chi connectivity index (χ1n) is 8.05. The summed E-state index contributed by atoms with van der Waals surface area (Å²) in [4.78, 5) is 28.2. The topological polar surface area (TPSA) is 89.5 Å². The number of hydrogen-bond donors (Lipinski definition) is 2. The molecule has 2 aromatic rings. The number of esters is 1. The van der Waals surface area contributed by atoms with Crippen molar-refractivity contribution in [2.45, 2.75) is 32.4 Å². The summed E-state index contributed by atoms with van der Waals surface area (Å²) in [6, 6.07) is 6.23. The van der Waals surface area contributed by atoms with Crippen LogP contribution in [0, 0.1) is 0 Å². The first-order valence-corrected chi connectivity index (χ1v) is 8.43. The second kappa shape index (κ2) is 8.23. The highest BCUT2D eigenvalue weighted by atomic mass is 35.5. The fourth-order valence-electron chi connectivity index (χ4n) is 2.28. The Bertz CT molecular complexity index is 805. The summed E-state index contributed by atoms with van der Waals surface area (Å²) in [6.45, 7) is 5.26. The van der Waals surface area contributed by atoms with Crippen LogP contribution in [0.5, 0.6) is 0 Å². The van der Waals surface area contributed by atoms with Crippen molar-refractivity contribution in [3.05, 3.63) is 35.5 Å². The van der Waals surface area contributed by atoms with Gasteiger partial charge < -0.3 is 20.1 Å². The number of carbonyl (C=O) groups is 2. The first kappa shape index (κ1) is 19.8. The van der Waals surface area contributed by atoms with Crippen molar-refractivity contribution >= 4 is 40.3 Å². The Hall–Kier alpha value is -2.54. The highest BCUT2D eigenvalue weighted by Gasteiger charge is 2.23. The van der Waals surface area contributed by atoms with Crippen molar-refractivity contribution in [3.8, 4) is 0 Å². The molecule has 140 valence electrons. The lowest BCUT2D eigenvalue weighted by Gasteiger charge is -2.22. The number of pyridine rings is 1. The number of benzene rings is 1. The molecule has 0 saturated carbocycles. The third-order valence-corrected chi connectivity index (χ3v) is 3.71. The SMILES string of the molecule is COC(=O)C(CNC(=O)OC(C)(C)C)Nc1ccc(Cl)c2cccnc12. The normalized spacial score (nSPS) is 12.3. The van der Waals surface area contributed by atoms with Crippen molar-refractivity contribution in [1.29, 1.82) is 0 Å². The third-order valence-electron chi connectivity index (χ3n) is 3.38. The van der Waals surface area contributed by atoms with E-state index in [4.69, 9.17) is 21.1 Å². The van der Waals surface area contributed by atoms with Gasteiger partial charge >= 0.3 is 12.1 Å². The number of carbonyl (C=O) groups excluding carboxylic acids is 2. The van der Waals surface area contributed by atoms with Crippen molar-refractivity contribution in [2.24, 2.45) is 0 Å². The Labute approximate surface area is 157 Å². The van der Waals surface area contributed by atoms with Crippen LogP contribution >= 0.6 is 11.6 Å². The molecule has 0 aliphatic heterocycles. The average Bonchev–Trinajstić information content (AvgIpc) is 2.58. The maximum Gasteiger partial charge on any atom is 0.407 e. The average molecular weight is 380 g/mol. The fourth-order valence-corrected chi connectivity index (χ4v) is 2.49. The maximum absolute atomic E-state index is 12.1. The van der Waals surface area contributed by atoms with Crippen LogP contribution in [0.25, 0.3) is 10.9 Å². The quantitative estimate of drug-likeness (QED) is 0.774. The van der Waals surface area contributed by atoms with Crippen LogP contribution in [-0.2, 0) is 14.3 Å². The molecule has 1 atom stereocenters. The Morgan fingerprint density at radius 3 is 2.65 bits per heavy atom. The van der Waals surface area contributed by atoms with Gasteiger partial charge in [0, 0.05) is 11.6 Å². The number of hydrogen-bond acceptors (Lipinski definition) is 6. The van der Waals surface area contributed by atoms with Gasteiger partial charge in [0.05, 0.1) is 29.9 Å². The number of nitrogens with zero attached hydrogens (tertiary/aromatic N) is 1. The molecule has 2 N–H and O–H groups in total. The van der Waals surface area contributed by atoms with E-state index in [1.54, 1.807) is 45.2 Å². The predicted octanol–water partition coefficient (Wildman–Crippen LogP) is 3.37. The summed E-state index contributed by atoms with van der Waals surface area (Å²) in [5.74, 6) is -0.528. The number of halogens is 1. The molecule has 0 fully saturated rings. The predicted molar refractivity (Wildman–Crippen MR) is 100 cm³/mol. The third kappa shape index (κ3) is 5.23. The van der Waals surface area contributed by atoms with Gasteiger partial charge in [-0.1, -0.05) is 11.6 Å². The van der Waals surface area contributed by atoms with Crippen LogP contribution in [0.3, 0.4) is 0 Å². The van der Waals surface area contributed by atoms with Crippen LogP contribution < -0.4 is 10.6 Å². The van der Waals surface area contributed by atoms with Crippen LogP contribution in [-0.4, -0.2) is 42.3 Å². The van der Waals surface area contributed by atoms with E-state index < -0.39 is 23.7 Å². The number of aromatic nitrogens is 1. The summed E-state index contributed by atoms with van der Waals surface area (Å²) in [7, 11) is 1.28. The van der Waals surface area contributed by atoms with Gasteiger partial charge in [0.2, 0.25) is 0 Å². The van der Waals surface area contributed by atoms with Crippen LogP contribution in [0.15, 0.2) is 30.5 Å². The van der Waals surface area contributed by atoms with Gasteiger partial charge in [-0.3, -0.25) is 4.98 Å². The van der Waals surface area contributed by atoms with Crippen molar-refractivity contribution in [2.75, 3.05) is 19.0 Å². The molecular formula is C18H22ClN3O4. The summed E-state index contributed by atoms with van der Waals surface area (Å²) in [6.07, 6.45) is 1.02. The summed E-state index contributed by atoms with van der Waals surface area (Å²) in [5.41, 5.74) is 0.590. The molecule has 1 amide bonds. The van der Waals surface area contributed by atoms with E-state index in [1.165, 1.54) is 7.11 Å². The molecular weight excluding hydrogens is 358 g/mol. The highest BCUT2D eigenvalue weighted by molar-refractivity contribution is 6.35. The molecule has 2 rings (SSSR count). The van der Waals surface area contributed by atoms with E-state index in [0.717, 1.165) is 5.39 Å². The molecule has 0 spiro atoms. The molecule has 1 heterocycles. The number of anilines is 1. The number of methoxy groups -OCH3 is 1. The second-order valence-corrected chi connectivity index (χ2v) is 7.00. The monoisotopic (exact) mass is 379 g/mol.